The zero-order chi connectivity index (χ0) is 13.7. The molecule has 1 aromatic heterocycles. The first-order valence-electron chi connectivity index (χ1n) is 7.08. The number of anilines is 1. The van der Waals surface area contributed by atoms with E-state index in [9.17, 15) is 0 Å². The molecule has 0 aliphatic carbocycles. The number of nitrogens with one attached hydrogen (secondary N) is 1. The Hall–Kier alpha value is -1.14. The van der Waals surface area contributed by atoms with E-state index in [1.807, 2.05) is 0 Å². The summed E-state index contributed by atoms with van der Waals surface area (Å²) in [5, 5.41) is 11.5. The summed E-state index contributed by atoms with van der Waals surface area (Å²) >= 11 is 0. The molecule has 2 rings (SSSR count). The first kappa shape index (κ1) is 14.3. The van der Waals surface area contributed by atoms with Crippen LogP contribution in [0.3, 0.4) is 0 Å². The molecule has 0 radical (unpaired) electrons. The van der Waals surface area contributed by atoms with Crippen LogP contribution in [0.25, 0.3) is 0 Å². The fourth-order valence-electron chi connectivity index (χ4n) is 2.14. The molecule has 1 aliphatic rings. The van der Waals surface area contributed by atoms with Gasteiger partial charge < -0.3 is 19.4 Å². The van der Waals surface area contributed by atoms with Gasteiger partial charge in [0, 0.05) is 6.54 Å². The van der Waals surface area contributed by atoms with Gasteiger partial charge in [-0.25, -0.2) is 0 Å². The van der Waals surface area contributed by atoms with Crippen molar-refractivity contribution in [2.24, 2.45) is 5.92 Å². The third-order valence-electron chi connectivity index (χ3n) is 3.23. The Balaban J connectivity index is 1.91. The highest BCUT2D eigenvalue weighted by Gasteiger charge is 2.25. The lowest BCUT2D eigenvalue weighted by Gasteiger charge is -2.33. The molecule has 0 spiro atoms. The number of aromatic nitrogens is 2. The molecule has 2 heterocycles. The molecule has 1 saturated heterocycles. The highest BCUT2D eigenvalue weighted by atomic mass is 16.5. The largest absolute Gasteiger partial charge is 0.407 e. The lowest BCUT2D eigenvalue weighted by molar-refractivity contribution is 0.0899. The van der Waals surface area contributed by atoms with Crippen molar-refractivity contribution in [1.29, 1.82) is 0 Å². The maximum atomic E-state index is 5.72. The Bertz CT molecular complexity index is 380. The van der Waals surface area contributed by atoms with Crippen molar-refractivity contribution >= 4 is 6.01 Å². The molecular formula is C13H24N4O2. The quantitative estimate of drug-likeness (QED) is 0.842. The average molecular weight is 268 g/mol. The molecule has 1 atom stereocenters. The second-order valence-corrected chi connectivity index (χ2v) is 5.33. The Labute approximate surface area is 114 Å². The van der Waals surface area contributed by atoms with Crippen molar-refractivity contribution in [3.05, 3.63) is 5.89 Å². The van der Waals surface area contributed by atoms with Crippen molar-refractivity contribution < 1.29 is 9.15 Å². The van der Waals surface area contributed by atoms with E-state index < -0.39 is 0 Å². The second kappa shape index (κ2) is 6.86. The Kier molecular flexibility index (Phi) is 5.15. The number of hydrogen-bond acceptors (Lipinski definition) is 6. The summed E-state index contributed by atoms with van der Waals surface area (Å²) in [4.78, 5) is 2.16. The van der Waals surface area contributed by atoms with Crippen LogP contribution in [0.15, 0.2) is 4.42 Å². The van der Waals surface area contributed by atoms with E-state index in [-0.39, 0.29) is 0 Å². The molecule has 1 fully saturated rings. The molecule has 1 unspecified atom stereocenters. The Morgan fingerprint density at radius 1 is 1.42 bits per heavy atom. The van der Waals surface area contributed by atoms with Gasteiger partial charge in [-0.2, -0.15) is 0 Å². The standard InChI is InChI=1S/C13H24N4O2/c1-4-11-9-18-6-5-17(11)13-16-15-12(19-13)8-14-7-10(2)3/h10-11,14H,4-9H2,1-3H3. The van der Waals surface area contributed by atoms with Crippen molar-refractivity contribution in [2.45, 2.75) is 39.8 Å². The van der Waals surface area contributed by atoms with Crippen LogP contribution in [-0.4, -0.2) is 42.5 Å². The van der Waals surface area contributed by atoms with Crippen LogP contribution in [0.1, 0.15) is 33.1 Å². The smallest absolute Gasteiger partial charge is 0.318 e. The minimum atomic E-state index is 0.339. The number of hydrogen-bond donors (Lipinski definition) is 1. The van der Waals surface area contributed by atoms with Gasteiger partial charge in [0.15, 0.2) is 0 Å². The average Bonchev–Trinajstić information content (AvgIpc) is 2.87. The van der Waals surface area contributed by atoms with E-state index in [1.54, 1.807) is 0 Å². The lowest BCUT2D eigenvalue weighted by atomic mass is 10.2. The SMILES string of the molecule is CCC1COCCN1c1nnc(CNCC(C)C)o1. The van der Waals surface area contributed by atoms with Gasteiger partial charge in [0.1, 0.15) is 0 Å². The third-order valence-corrected chi connectivity index (χ3v) is 3.23. The molecular weight excluding hydrogens is 244 g/mol. The van der Waals surface area contributed by atoms with Crippen LogP contribution in [-0.2, 0) is 11.3 Å². The minimum absolute atomic E-state index is 0.339. The number of nitrogens with zero attached hydrogens (tertiary/aromatic N) is 3. The monoisotopic (exact) mass is 268 g/mol. The summed E-state index contributed by atoms with van der Waals surface area (Å²) in [5.74, 6) is 1.27. The number of ether oxygens (including phenoxy) is 1. The van der Waals surface area contributed by atoms with Gasteiger partial charge in [-0.05, 0) is 18.9 Å². The van der Waals surface area contributed by atoms with E-state index in [4.69, 9.17) is 9.15 Å². The summed E-state index contributed by atoms with van der Waals surface area (Å²) < 4.78 is 11.2. The van der Waals surface area contributed by atoms with Crippen molar-refractivity contribution in [3.8, 4) is 0 Å². The molecule has 0 amide bonds. The first-order chi connectivity index (χ1) is 9.20. The summed E-state index contributed by atoms with van der Waals surface area (Å²) in [6.07, 6.45) is 1.02. The Morgan fingerprint density at radius 3 is 3.00 bits per heavy atom. The van der Waals surface area contributed by atoms with E-state index in [0.717, 1.165) is 32.7 Å². The van der Waals surface area contributed by atoms with Crippen molar-refractivity contribution in [2.75, 3.05) is 31.2 Å². The van der Waals surface area contributed by atoms with Gasteiger partial charge in [0.2, 0.25) is 5.89 Å². The van der Waals surface area contributed by atoms with Crippen LogP contribution in [0.4, 0.5) is 6.01 Å². The minimum Gasteiger partial charge on any atom is -0.407 e. The summed E-state index contributed by atoms with van der Waals surface area (Å²) in [6.45, 7) is 10.4. The maximum Gasteiger partial charge on any atom is 0.318 e. The molecule has 0 aromatic carbocycles. The van der Waals surface area contributed by atoms with Crippen molar-refractivity contribution in [1.82, 2.24) is 15.5 Å². The molecule has 0 bridgehead atoms. The maximum absolute atomic E-state index is 5.72. The first-order valence-corrected chi connectivity index (χ1v) is 7.08. The summed E-state index contributed by atoms with van der Waals surface area (Å²) in [5.41, 5.74) is 0. The zero-order valence-electron chi connectivity index (χ0n) is 12.1. The highest BCUT2D eigenvalue weighted by Crippen LogP contribution is 2.19. The molecule has 108 valence electrons. The van der Waals surface area contributed by atoms with Gasteiger partial charge in [0.05, 0.1) is 25.8 Å². The van der Waals surface area contributed by atoms with Gasteiger partial charge in [0.25, 0.3) is 0 Å². The molecule has 1 aliphatic heterocycles. The van der Waals surface area contributed by atoms with Crippen LogP contribution in [0, 0.1) is 5.92 Å². The number of morpholine rings is 1. The number of rotatable bonds is 6. The van der Waals surface area contributed by atoms with Gasteiger partial charge in [-0.1, -0.05) is 25.9 Å². The van der Waals surface area contributed by atoms with Gasteiger partial charge in [-0.3, -0.25) is 0 Å². The fourth-order valence-corrected chi connectivity index (χ4v) is 2.14. The molecule has 1 aromatic rings. The van der Waals surface area contributed by atoms with E-state index in [1.165, 1.54) is 0 Å². The van der Waals surface area contributed by atoms with Crippen molar-refractivity contribution in [3.63, 3.8) is 0 Å². The van der Waals surface area contributed by atoms with E-state index in [0.29, 0.717) is 30.4 Å². The lowest BCUT2D eigenvalue weighted by Crippen LogP contribution is -2.45. The predicted octanol–water partition coefficient (Wildman–Crippen LogP) is 1.43. The summed E-state index contributed by atoms with van der Waals surface area (Å²) in [7, 11) is 0. The van der Waals surface area contributed by atoms with Crippen LogP contribution < -0.4 is 10.2 Å². The van der Waals surface area contributed by atoms with E-state index in [2.05, 4.69) is 41.2 Å². The van der Waals surface area contributed by atoms with Gasteiger partial charge >= 0.3 is 6.01 Å². The predicted molar refractivity (Wildman–Crippen MR) is 73.1 cm³/mol. The fraction of sp³-hybridized carbons (Fsp3) is 0.846. The summed E-state index contributed by atoms with van der Waals surface area (Å²) in [6, 6.07) is 0.960. The third kappa shape index (κ3) is 3.91. The van der Waals surface area contributed by atoms with Crippen LogP contribution in [0.2, 0.25) is 0 Å². The Morgan fingerprint density at radius 2 is 2.26 bits per heavy atom. The van der Waals surface area contributed by atoms with Crippen LogP contribution >= 0.6 is 0 Å². The normalized spacial score (nSPS) is 20.2. The molecule has 0 saturated carbocycles. The molecule has 6 nitrogen and oxygen atoms in total. The highest BCUT2D eigenvalue weighted by molar-refractivity contribution is 5.27. The van der Waals surface area contributed by atoms with E-state index >= 15 is 0 Å². The van der Waals surface area contributed by atoms with Gasteiger partial charge in [-0.15, -0.1) is 5.10 Å². The topological polar surface area (TPSA) is 63.4 Å². The molecule has 6 heteroatoms. The van der Waals surface area contributed by atoms with Crippen LogP contribution in [0.5, 0.6) is 0 Å². The zero-order valence-corrected chi connectivity index (χ0v) is 12.1. The molecule has 1 N–H and O–H groups in total. The molecule has 19 heavy (non-hydrogen) atoms. The second-order valence-electron chi connectivity index (χ2n) is 5.33.